The minimum atomic E-state index is -0.455. The first-order valence-corrected chi connectivity index (χ1v) is 11.9. The van der Waals surface area contributed by atoms with Crippen molar-refractivity contribution in [2.24, 2.45) is 0 Å². The van der Waals surface area contributed by atoms with Gasteiger partial charge in [0.25, 0.3) is 0 Å². The van der Waals surface area contributed by atoms with Gasteiger partial charge >= 0.3 is 0 Å². The highest BCUT2D eigenvalue weighted by Gasteiger charge is 2.23. The second kappa shape index (κ2) is 10.8. The number of anilines is 1. The zero-order valence-corrected chi connectivity index (χ0v) is 19.3. The minimum Gasteiger partial charge on any atom is -0.387 e. The first kappa shape index (κ1) is 23.2. The molecule has 0 bridgehead atoms. The summed E-state index contributed by atoms with van der Waals surface area (Å²) in [6.07, 6.45) is 8.93. The number of carbonyl (C=O) groups is 1. The molecule has 0 unspecified atom stereocenters. The van der Waals surface area contributed by atoms with Crippen LogP contribution in [-0.2, 0) is 17.8 Å². The highest BCUT2D eigenvalue weighted by atomic mass is 16.3. The molecule has 8 heteroatoms. The van der Waals surface area contributed by atoms with Gasteiger partial charge < -0.3 is 25.6 Å². The zero-order chi connectivity index (χ0) is 23.2. The molecule has 1 aliphatic rings. The lowest BCUT2D eigenvalue weighted by molar-refractivity contribution is -0.136. The molecule has 0 aliphatic carbocycles. The number of nitrogens with zero attached hydrogens (tertiary/aromatic N) is 4. The number of amides is 1. The van der Waals surface area contributed by atoms with E-state index in [4.69, 9.17) is 10.7 Å². The van der Waals surface area contributed by atoms with Crippen LogP contribution in [0.4, 0.5) is 5.82 Å². The highest BCUT2D eigenvalue weighted by Crippen LogP contribution is 2.29. The summed E-state index contributed by atoms with van der Waals surface area (Å²) in [5.41, 5.74) is 8.90. The van der Waals surface area contributed by atoms with Crippen LogP contribution in [0.2, 0.25) is 0 Å². The van der Waals surface area contributed by atoms with Gasteiger partial charge in [0.1, 0.15) is 17.9 Å². The second-order valence-electron chi connectivity index (χ2n) is 8.61. The van der Waals surface area contributed by atoms with Crippen molar-refractivity contribution in [3.8, 4) is 0 Å². The number of carbonyl (C=O) groups excluding carboxylic acids is 1. The van der Waals surface area contributed by atoms with Crippen LogP contribution in [0.15, 0.2) is 36.4 Å². The quantitative estimate of drug-likeness (QED) is 0.433. The van der Waals surface area contributed by atoms with Crippen molar-refractivity contribution in [3.05, 3.63) is 42.2 Å². The van der Waals surface area contributed by atoms with Crippen LogP contribution in [-0.4, -0.2) is 62.7 Å². The Hall–Kier alpha value is -2.97. The second-order valence-corrected chi connectivity index (χ2v) is 8.61. The number of imidazole rings is 1. The Morgan fingerprint density at radius 2 is 2.06 bits per heavy atom. The molecule has 176 valence electrons. The summed E-state index contributed by atoms with van der Waals surface area (Å²) < 4.78 is 2.23. The standard InChI is InChI=1S/C25H34N6O2/c1-2-3-10-21-29-23-24(19-8-4-5-9-20(19)28-25(23)26)31(21)16-7-6-15-30(22(33)17-32)18-11-13-27-14-12-18/h4-9,18,27,32H,2-3,10-17H2,1H3,(H2,26,28)/b7-6+. The van der Waals surface area contributed by atoms with Crippen molar-refractivity contribution in [3.63, 3.8) is 0 Å². The number of para-hydroxylation sites is 1. The number of unbranched alkanes of at least 4 members (excludes halogenated alkanes) is 1. The van der Waals surface area contributed by atoms with E-state index in [1.165, 1.54) is 0 Å². The first-order chi connectivity index (χ1) is 16.1. The number of allylic oxidation sites excluding steroid dienone is 1. The Morgan fingerprint density at radius 1 is 1.27 bits per heavy atom. The monoisotopic (exact) mass is 450 g/mol. The van der Waals surface area contributed by atoms with Gasteiger partial charge in [-0.05, 0) is 38.4 Å². The van der Waals surface area contributed by atoms with Gasteiger partial charge in [-0.1, -0.05) is 43.7 Å². The molecule has 0 spiro atoms. The van der Waals surface area contributed by atoms with Crippen molar-refractivity contribution >= 4 is 33.7 Å². The van der Waals surface area contributed by atoms with Gasteiger partial charge in [0.2, 0.25) is 5.91 Å². The molecule has 2 aromatic heterocycles. The number of nitrogens with two attached hydrogens (primary N) is 1. The van der Waals surface area contributed by atoms with Gasteiger partial charge in [0.05, 0.1) is 11.0 Å². The van der Waals surface area contributed by atoms with Gasteiger partial charge in [0, 0.05) is 30.9 Å². The first-order valence-electron chi connectivity index (χ1n) is 11.9. The van der Waals surface area contributed by atoms with E-state index < -0.39 is 6.61 Å². The number of aromatic nitrogens is 3. The third-order valence-electron chi connectivity index (χ3n) is 6.41. The van der Waals surface area contributed by atoms with Crippen LogP contribution < -0.4 is 11.1 Å². The number of fused-ring (bicyclic) bond motifs is 3. The molecule has 1 aliphatic heterocycles. The van der Waals surface area contributed by atoms with Crippen LogP contribution in [0.3, 0.4) is 0 Å². The molecule has 0 saturated carbocycles. The summed E-state index contributed by atoms with van der Waals surface area (Å²) in [6, 6.07) is 8.18. The predicted molar refractivity (Wildman–Crippen MR) is 132 cm³/mol. The normalized spacial score (nSPS) is 15.1. The average Bonchev–Trinajstić information content (AvgIpc) is 3.22. The number of hydrogen-bond acceptors (Lipinski definition) is 6. The Morgan fingerprint density at radius 3 is 2.82 bits per heavy atom. The van der Waals surface area contributed by atoms with Crippen LogP contribution >= 0.6 is 0 Å². The van der Waals surface area contributed by atoms with Crippen molar-refractivity contribution < 1.29 is 9.90 Å². The highest BCUT2D eigenvalue weighted by molar-refractivity contribution is 6.06. The fourth-order valence-electron chi connectivity index (χ4n) is 4.66. The lowest BCUT2D eigenvalue weighted by atomic mass is 10.0. The van der Waals surface area contributed by atoms with Crippen LogP contribution in [0.25, 0.3) is 21.9 Å². The zero-order valence-electron chi connectivity index (χ0n) is 19.3. The van der Waals surface area contributed by atoms with Gasteiger partial charge in [-0.15, -0.1) is 0 Å². The molecule has 4 N–H and O–H groups in total. The molecular formula is C25H34N6O2. The molecule has 33 heavy (non-hydrogen) atoms. The lowest BCUT2D eigenvalue weighted by Crippen LogP contribution is -2.47. The smallest absolute Gasteiger partial charge is 0.248 e. The molecule has 1 aromatic carbocycles. The van der Waals surface area contributed by atoms with E-state index in [9.17, 15) is 9.90 Å². The molecule has 0 atom stereocenters. The predicted octanol–water partition coefficient (Wildman–Crippen LogP) is 2.64. The maximum absolute atomic E-state index is 12.4. The molecule has 1 amide bonds. The molecule has 4 rings (SSSR count). The molecule has 8 nitrogen and oxygen atoms in total. The van der Waals surface area contributed by atoms with E-state index in [1.807, 2.05) is 24.3 Å². The van der Waals surface area contributed by atoms with Gasteiger partial charge in [-0.25, -0.2) is 9.97 Å². The number of aliphatic hydroxyl groups excluding tert-OH is 1. The van der Waals surface area contributed by atoms with Crippen molar-refractivity contribution in [1.82, 2.24) is 24.8 Å². The third-order valence-corrected chi connectivity index (χ3v) is 6.41. The molecule has 1 fully saturated rings. The number of hydrogen-bond donors (Lipinski definition) is 3. The Labute approximate surface area is 194 Å². The van der Waals surface area contributed by atoms with E-state index in [2.05, 4.69) is 33.9 Å². The van der Waals surface area contributed by atoms with Gasteiger partial charge in [-0.2, -0.15) is 0 Å². The van der Waals surface area contributed by atoms with E-state index in [-0.39, 0.29) is 11.9 Å². The minimum absolute atomic E-state index is 0.166. The van der Waals surface area contributed by atoms with E-state index in [0.29, 0.717) is 18.9 Å². The van der Waals surface area contributed by atoms with Crippen LogP contribution in [0.1, 0.15) is 38.4 Å². The Balaban J connectivity index is 1.62. The number of aryl methyl sites for hydroxylation is 1. The third kappa shape index (κ3) is 5.02. The maximum atomic E-state index is 12.4. The summed E-state index contributed by atoms with van der Waals surface area (Å²) in [5, 5.41) is 13.8. The topological polar surface area (TPSA) is 109 Å². The molecule has 0 radical (unpaired) electrons. The van der Waals surface area contributed by atoms with E-state index in [0.717, 1.165) is 73.0 Å². The maximum Gasteiger partial charge on any atom is 0.248 e. The van der Waals surface area contributed by atoms with Crippen molar-refractivity contribution in [1.29, 1.82) is 0 Å². The Kier molecular flexibility index (Phi) is 7.57. The number of piperidine rings is 1. The van der Waals surface area contributed by atoms with Crippen molar-refractivity contribution in [2.75, 3.05) is 32.0 Å². The van der Waals surface area contributed by atoms with Crippen molar-refractivity contribution in [2.45, 2.75) is 51.6 Å². The summed E-state index contributed by atoms with van der Waals surface area (Å²) in [6.45, 7) is 4.64. The summed E-state index contributed by atoms with van der Waals surface area (Å²) in [5.74, 6) is 1.24. The van der Waals surface area contributed by atoms with E-state index in [1.54, 1.807) is 4.90 Å². The van der Waals surface area contributed by atoms with Gasteiger partial charge in [0.15, 0.2) is 5.82 Å². The average molecular weight is 451 g/mol. The summed E-state index contributed by atoms with van der Waals surface area (Å²) >= 11 is 0. The van der Waals surface area contributed by atoms with Crippen LogP contribution in [0.5, 0.6) is 0 Å². The number of rotatable bonds is 9. The summed E-state index contributed by atoms with van der Waals surface area (Å²) in [7, 11) is 0. The molecule has 3 heterocycles. The number of pyridine rings is 1. The van der Waals surface area contributed by atoms with E-state index >= 15 is 0 Å². The SMILES string of the molecule is CCCCc1nc2c(N)nc3ccccc3c2n1C/C=C/CN(C(=O)CO)C1CCNCC1. The number of nitrogens with one attached hydrogen (secondary N) is 1. The fraction of sp³-hybridized carbons (Fsp3) is 0.480. The van der Waals surface area contributed by atoms with Crippen LogP contribution in [0, 0.1) is 0 Å². The molecule has 1 saturated heterocycles. The largest absolute Gasteiger partial charge is 0.387 e. The molecule has 3 aromatic rings. The number of nitrogen functional groups attached to an aromatic ring is 1. The fourth-order valence-corrected chi connectivity index (χ4v) is 4.66. The lowest BCUT2D eigenvalue weighted by Gasteiger charge is -2.33. The number of aliphatic hydroxyl groups is 1. The molecular weight excluding hydrogens is 416 g/mol. The number of benzene rings is 1. The van der Waals surface area contributed by atoms with Gasteiger partial charge in [-0.3, -0.25) is 4.79 Å². The Bertz CT molecular complexity index is 1130. The summed E-state index contributed by atoms with van der Waals surface area (Å²) in [4.78, 5) is 23.6.